The Morgan fingerprint density at radius 2 is 1.58 bits per heavy atom. The Labute approximate surface area is 152 Å². The minimum absolute atomic E-state index is 0.0557. The largest absolute Gasteiger partial charge is 0.295 e. The molecule has 1 aromatic heterocycles. The monoisotopic (exact) mass is 366 g/mol. The number of pyridine rings is 1. The predicted molar refractivity (Wildman–Crippen MR) is 99.3 cm³/mol. The fraction of sp³-hybridized carbons (Fsp3) is 0.100. The minimum Gasteiger partial charge on any atom is -0.295 e. The second-order valence-corrected chi connectivity index (χ2v) is 7.54. The number of hydrogen-bond acceptors (Lipinski definition) is 4. The van der Waals surface area contributed by atoms with Crippen molar-refractivity contribution in [2.45, 2.75) is 17.9 Å². The number of carbonyl (C=O) groups excluding carboxylic acids is 1. The van der Waals surface area contributed by atoms with Gasteiger partial charge in [0.05, 0.1) is 10.9 Å². The predicted octanol–water partition coefficient (Wildman–Crippen LogP) is 3.35. The van der Waals surface area contributed by atoms with Gasteiger partial charge in [-0.3, -0.25) is 9.78 Å². The zero-order valence-electron chi connectivity index (χ0n) is 14.2. The molecule has 0 amide bonds. The first-order valence-corrected chi connectivity index (χ1v) is 9.54. The standard InChI is InChI=1S/C20H18N2O3S/c1-15(23)18-8-5-9-19(14-18)26(24,25)22-20(16-6-3-2-4-7-16)17-10-12-21-13-11-17/h2-14,20,22H,1H3/t20-/m0/s1. The van der Waals surface area contributed by atoms with E-state index in [4.69, 9.17) is 0 Å². The summed E-state index contributed by atoms with van der Waals surface area (Å²) < 4.78 is 28.6. The fourth-order valence-corrected chi connectivity index (χ4v) is 3.89. The Morgan fingerprint density at radius 1 is 0.923 bits per heavy atom. The summed E-state index contributed by atoms with van der Waals surface area (Å²) in [4.78, 5) is 15.6. The van der Waals surface area contributed by atoms with Crippen molar-refractivity contribution < 1.29 is 13.2 Å². The Kier molecular flexibility index (Phi) is 5.25. The second kappa shape index (κ2) is 7.59. The van der Waals surface area contributed by atoms with E-state index in [0.29, 0.717) is 5.56 Å². The van der Waals surface area contributed by atoms with Crippen LogP contribution in [0.1, 0.15) is 34.5 Å². The van der Waals surface area contributed by atoms with E-state index >= 15 is 0 Å². The van der Waals surface area contributed by atoms with Gasteiger partial charge in [-0.1, -0.05) is 42.5 Å². The van der Waals surface area contributed by atoms with Crippen molar-refractivity contribution >= 4 is 15.8 Å². The quantitative estimate of drug-likeness (QED) is 0.679. The Hall–Kier alpha value is -2.83. The molecule has 0 aliphatic carbocycles. The van der Waals surface area contributed by atoms with Gasteiger partial charge in [-0.25, -0.2) is 8.42 Å². The van der Waals surface area contributed by atoms with Crippen molar-refractivity contribution in [1.29, 1.82) is 0 Å². The molecule has 1 atom stereocenters. The lowest BCUT2D eigenvalue weighted by atomic mass is 10.0. The first kappa shape index (κ1) is 18.0. The maximum atomic E-state index is 12.9. The summed E-state index contributed by atoms with van der Waals surface area (Å²) in [5, 5.41) is 0. The SMILES string of the molecule is CC(=O)c1cccc(S(=O)(=O)N[C@@H](c2ccccc2)c2ccncc2)c1. The van der Waals surface area contributed by atoms with E-state index in [2.05, 4.69) is 9.71 Å². The maximum Gasteiger partial charge on any atom is 0.241 e. The molecule has 0 saturated carbocycles. The second-order valence-electron chi connectivity index (χ2n) is 5.83. The highest BCUT2D eigenvalue weighted by atomic mass is 32.2. The first-order valence-electron chi connectivity index (χ1n) is 8.05. The number of nitrogens with zero attached hydrogens (tertiary/aromatic N) is 1. The zero-order valence-corrected chi connectivity index (χ0v) is 15.0. The van der Waals surface area contributed by atoms with Crippen LogP contribution in [-0.4, -0.2) is 19.2 Å². The summed E-state index contributed by atoms with van der Waals surface area (Å²) in [5.74, 6) is -0.184. The molecule has 132 valence electrons. The van der Waals surface area contributed by atoms with Crippen LogP contribution in [0.25, 0.3) is 0 Å². The van der Waals surface area contributed by atoms with Gasteiger partial charge in [-0.15, -0.1) is 0 Å². The molecule has 6 heteroatoms. The average Bonchev–Trinajstić information content (AvgIpc) is 2.67. The van der Waals surface area contributed by atoms with E-state index in [1.807, 2.05) is 30.3 Å². The molecule has 5 nitrogen and oxygen atoms in total. The van der Waals surface area contributed by atoms with Crippen LogP contribution in [0.15, 0.2) is 84.0 Å². The van der Waals surface area contributed by atoms with Gasteiger partial charge in [0.15, 0.2) is 5.78 Å². The number of nitrogens with one attached hydrogen (secondary N) is 1. The average molecular weight is 366 g/mol. The Morgan fingerprint density at radius 3 is 2.23 bits per heavy atom. The number of carbonyl (C=O) groups is 1. The fourth-order valence-electron chi connectivity index (χ4n) is 2.64. The number of sulfonamides is 1. The highest BCUT2D eigenvalue weighted by Gasteiger charge is 2.23. The normalized spacial score (nSPS) is 12.5. The molecule has 0 fully saturated rings. The summed E-state index contributed by atoms with van der Waals surface area (Å²) >= 11 is 0. The van der Waals surface area contributed by atoms with E-state index in [1.165, 1.54) is 19.1 Å². The van der Waals surface area contributed by atoms with Gasteiger partial charge >= 0.3 is 0 Å². The summed E-state index contributed by atoms with van der Waals surface area (Å²) in [7, 11) is -3.83. The van der Waals surface area contributed by atoms with E-state index in [-0.39, 0.29) is 10.7 Å². The molecule has 1 N–H and O–H groups in total. The summed E-state index contributed by atoms with van der Waals surface area (Å²) in [5.41, 5.74) is 1.94. The van der Waals surface area contributed by atoms with Crippen LogP contribution in [-0.2, 0) is 10.0 Å². The van der Waals surface area contributed by atoms with Gasteiger partial charge in [-0.05, 0) is 42.3 Å². The van der Waals surface area contributed by atoms with Crippen LogP contribution in [0.4, 0.5) is 0 Å². The Balaban J connectivity index is 2.01. The third kappa shape index (κ3) is 4.04. The van der Waals surface area contributed by atoms with Crippen molar-refractivity contribution in [1.82, 2.24) is 9.71 Å². The lowest BCUT2D eigenvalue weighted by Gasteiger charge is -2.20. The molecule has 0 spiro atoms. The van der Waals surface area contributed by atoms with Gasteiger partial charge in [0.2, 0.25) is 10.0 Å². The van der Waals surface area contributed by atoms with Gasteiger partial charge in [0.25, 0.3) is 0 Å². The van der Waals surface area contributed by atoms with Crippen molar-refractivity contribution in [2.24, 2.45) is 0 Å². The van der Waals surface area contributed by atoms with Gasteiger partial charge < -0.3 is 0 Å². The van der Waals surface area contributed by atoms with E-state index in [0.717, 1.165) is 11.1 Å². The maximum absolute atomic E-state index is 12.9. The third-order valence-corrected chi connectivity index (χ3v) is 5.42. The lowest BCUT2D eigenvalue weighted by molar-refractivity contribution is 0.101. The van der Waals surface area contributed by atoms with Gasteiger partial charge in [-0.2, -0.15) is 4.72 Å². The number of aromatic nitrogens is 1. The van der Waals surface area contributed by atoms with Crippen LogP contribution in [0, 0.1) is 0 Å². The lowest BCUT2D eigenvalue weighted by Crippen LogP contribution is -2.29. The van der Waals surface area contributed by atoms with Crippen molar-refractivity contribution in [3.05, 3.63) is 95.8 Å². The molecular formula is C20H18N2O3S. The molecule has 26 heavy (non-hydrogen) atoms. The number of rotatable bonds is 6. The number of benzene rings is 2. The first-order chi connectivity index (χ1) is 12.5. The molecular weight excluding hydrogens is 348 g/mol. The summed E-state index contributed by atoms with van der Waals surface area (Å²) in [6.45, 7) is 1.41. The van der Waals surface area contributed by atoms with Gasteiger partial charge in [0.1, 0.15) is 0 Å². The van der Waals surface area contributed by atoms with Crippen LogP contribution >= 0.6 is 0 Å². The molecule has 2 aromatic carbocycles. The van der Waals surface area contributed by atoms with Crippen LogP contribution < -0.4 is 4.72 Å². The highest BCUT2D eigenvalue weighted by molar-refractivity contribution is 7.89. The molecule has 0 radical (unpaired) electrons. The van der Waals surface area contributed by atoms with Gasteiger partial charge in [0, 0.05) is 18.0 Å². The molecule has 1 heterocycles. The minimum atomic E-state index is -3.83. The number of ketones is 1. The van der Waals surface area contributed by atoms with Crippen LogP contribution in [0.3, 0.4) is 0 Å². The molecule has 3 aromatic rings. The molecule has 0 saturated heterocycles. The van der Waals surface area contributed by atoms with Crippen LogP contribution in [0.5, 0.6) is 0 Å². The molecule has 0 aliphatic heterocycles. The van der Waals surface area contributed by atoms with Crippen molar-refractivity contribution in [3.8, 4) is 0 Å². The smallest absolute Gasteiger partial charge is 0.241 e. The molecule has 0 unspecified atom stereocenters. The van der Waals surface area contributed by atoms with E-state index in [1.54, 1.807) is 36.7 Å². The number of hydrogen-bond donors (Lipinski definition) is 1. The summed E-state index contributed by atoms with van der Waals surface area (Å²) in [6.07, 6.45) is 3.24. The molecule has 3 rings (SSSR count). The Bertz CT molecular complexity index is 964. The topological polar surface area (TPSA) is 76.1 Å². The summed E-state index contributed by atoms with van der Waals surface area (Å²) in [6, 6.07) is 18.3. The third-order valence-electron chi connectivity index (χ3n) is 4.00. The molecule has 0 bridgehead atoms. The van der Waals surface area contributed by atoms with Crippen molar-refractivity contribution in [3.63, 3.8) is 0 Å². The number of Topliss-reactive ketones (excluding diaryl/α,β-unsaturated/α-hetero) is 1. The van der Waals surface area contributed by atoms with Crippen molar-refractivity contribution in [2.75, 3.05) is 0 Å². The van der Waals surface area contributed by atoms with E-state index in [9.17, 15) is 13.2 Å². The highest BCUT2D eigenvalue weighted by Crippen LogP contribution is 2.24. The molecule has 0 aliphatic rings. The van der Waals surface area contributed by atoms with Crippen LogP contribution in [0.2, 0.25) is 0 Å². The van der Waals surface area contributed by atoms with E-state index < -0.39 is 16.1 Å². The zero-order chi connectivity index (χ0) is 18.6.